The average Bonchev–Trinajstić information content (AvgIpc) is 3.75. The Kier molecular flexibility index (Phi) is 13.9. The largest absolute Gasteiger partial charge is 0.397 e. The van der Waals surface area contributed by atoms with Crippen molar-refractivity contribution in [3.05, 3.63) is 150 Å². The van der Waals surface area contributed by atoms with Gasteiger partial charge in [0.15, 0.2) is 6.29 Å². The summed E-state index contributed by atoms with van der Waals surface area (Å²) in [5.74, 6) is 0.498. The molecule has 12 nitrogen and oxygen atoms in total. The topological polar surface area (TPSA) is 167 Å². The Morgan fingerprint density at radius 2 is 1.52 bits per heavy atom. The van der Waals surface area contributed by atoms with Crippen LogP contribution < -0.4 is 16.4 Å². The van der Waals surface area contributed by atoms with E-state index in [2.05, 4.69) is 50.4 Å². The third kappa shape index (κ3) is 11.0. The normalized spacial score (nSPS) is 16.5. The lowest BCUT2D eigenvalue weighted by Gasteiger charge is -2.36. The standard InChI is InChI=1S/C45H47N7O5S/c46-39-17-7-8-18-40(39)48-43(55)20-6-2-5-19-42(54)47-28-32-11-9-12-34(25-32)35-13-10-14-36(26-35)44-56-38(27-41(57-44)33-23-21-31(29-53)22-24-33)30-58-45-49-50-51-52(45)37-15-3-1-4-16-37/h1,3-4,7-18,21-26,38,41,44,53H,2,5-6,19-20,27-30,46H2,(H,47,54)(H,48,55). The fourth-order valence-corrected chi connectivity index (χ4v) is 7.68. The second-order valence-electron chi connectivity index (χ2n) is 14.2. The van der Waals surface area contributed by atoms with Crippen molar-refractivity contribution in [1.82, 2.24) is 25.5 Å². The minimum Gasteiger partial charge on any atom is -0.397 e. The molecule has 58 heavy (non-hydrogen) atoms. The van der Waals surface area contributed by atoms with Crippen LogP contribution in [0.4, 0.5) is 11.4 Å². The van der Waals surface area contributed by atoms with Gasteiger partial charge < -0.3 is 30.9 Å². The van der Waals surface area contributed by atoms with Crippen LogP contribution in [0.15, 0.2) is 133 Å². The van der Waals surface area contributed by atoms with E-state index in [0.29, 0.717) is 60.9 Å². The van der Waals surface area contributed by atoms with Crippen LogP contribution in [-0.4, -0.2) is 49.0 Å². The lowest BCUT2D eigenvalue weighted by atomic mass is 9.99. The molecule has 0 saturated carbocycles. The minimum atomic E-state index is -0.633. The van der Waals surface area contributed by atoms with Gasteiger partial charge in [-0.05, 0) is 87.5 Å². The number of hydrogen-bond donors (Lipinski definition) is 4. The first kappa shape index (κ1) is 40.3. The van der Waals surface area contributed by atoms with Crippen LogP contribution in [0.3, 0.4) is 0 Å². The first-order chi connectivity index (χ1) is 28.4. The molecule has 3 atom stereocenters. The zero-order valence-electron chi connectivity index (χ0n) is 32.1. The fourth-order valence-electron chi connectivity index (χ4n) is 6.78. The molecule has 2 amide bonds. The highest BCUT2D eigenvalue weighted by Crippen LogP contribution is 2.40. The van der Waals surface area contributed by atoms with Gasteiger partial charge in [0.2, 0.25) is 17.0 Å². The summed E-state index contributed by atoms with van der Waals surface area (Å²) < 4.78 is 15.0. The molecule has 1 aliphatic rings. The molecule has 0 spiro atoms. The highest BCUT2D eigenvalue weighted by atomic mass is 32.2. The van der Waals surface area contributed by atoms with Gasteiger partial charge in [0.25, 0.3) is 0 Å². The first-order valence-electron chi connectivity index (χ1n) is 19.5. The second-order valence-corrected chi connectivity index (χ2v) is 15.2. The van der Waals surface area contributed by atoms with Crippen molar-refractivity contribution in [3.63, 3.8) is 0 Å². The molecule has 3 unspecified atom stereocenters. The van der Waals surface area contributed by atoms with E-state index in [9.17, 15) is 14.7 Å². The van der Waals surface area contributed by atoms with Crippen molar-refractivity contribution < 1.29 is 24.2 Å². The summed E-state index contributed by atoms with van der Waals surface area (Å²) in [5, 5.41) is 28.6. The number of aliphatic hydroxyl groups excluding tert-OH is 1. The Morgan fingerprint density at radius 3 is 2.31 bits per heavy atom. The summed E-state index contributed by atoms with van der Waals surface area (Å²) in [5.41, 5.74) is 13.7. The van der Waals surface area contributed by atoms with Gasteiger partial charge in [-0.25, -0.2) is 0 Å². The van der Waals surface area contributed by atoms with Gasteiger partial charge in [-0.1, -0.05) is 109 Å². The number of aliphatic hydroxyl groups is 1. The maximum Gasteiger partial charge on any atom is 0.224 e. The molecule has 2 heterocycles. The Bertz CT molecular complexity index is 2270. The quantitative estimate of drug-likeness (QED) is 0.0404. The molecule has 5 N–H and O–H groups in total. The predicted molar refractivity (Wildman–Crippen MR) is 225 cm³/mol. The lowest BCUT2D eigenvalue weighted by Crippen LogP contribution is -2.31. The molecule has 6 aromatic rings. The molecule has 0 radical (unpaired) electrons. The number of carbonyl (C=O) groups excluding carboxylic acids is 2. The predicted octanol–water partition coefficient (Wildman–Crippen LogP) is 7.95. The summed E-state index contributed by atoms with van der Waals surface area (Å²) in [7, 11) is 0. The van der Waals surface area contributed by atoms with Crippen LogP contribution in [-0.2, 0) is 32.2 Å². The fraction of sp³-hybridized carbons (Fsp3) is 0.267. The van der Waals surface area contributed by atoms with E-state index >= 15 is 0 Å². The summed E-state index contributed by atoms with van der Waals surface area (Å²) in [6, 6.07) is 41.1. The summed E-state index contributed by atoms with van der Waals surface area (Å²) >= 11 is 1.54. The van der Waals surface area contributed by atoms with E-state index in [1.54, 1.807) is 16.8 Å². The molecule has 13 heteroatoms. The molecule has 0 aliphatic carbocycles. The average molecular weight is 798 g/mol. The molecular weight excluding hydrogens is 751 g/mol. The zero-order valence-corrected chi connectivity index (χ0v) is 32.9. The van der Waals surface area contributed by atoms with E-state index in [0.717, 1.165) is 45.5 Å². The van der Waals surface area contributed by atoms with E-state index in [4.69, 9.17) is 15.2 Å². The SMILES string of the molecule is Nc1ccccc1NC(=O)CCCCCC(=O)NCc1cccc(-c2cccc(C3OC(CSc4nnnn4-c4ccccc4)CC(c4ccc(CO)cc4)O3)c2)c1. The Morgan fingerprint density at radius 1 is 0.776 bits per heavy atom. The number of nitrogens with one attached hydrogen (secondary N) is 2. The number of amides is 2. The Labute approximate surface area is 342 Å². The third-order valence-electron chi connectivity index (χ3n) is 9.91. The Balaban J connectivity index is 0.953. The first-order valence-corrected chi connectivity index (χ1v) is 20.5. The van der Waals surface area contributed by atoms with Crippen LogP contribution in [0.25, 0.3) is 16.8 Å². The number of hydrogen-bond acceptors (Lipinski definition) is 10. The number of thioether (sulfide) groups is 1. The summed E-state index contributed by atoms with van der Waals surface area (Å²) in [6.07, 6.45) is 2.52. The van der Waals surface area contributed by atoms with Gasteiger partial charge in [0, 0.05) is 37.1 Å². The molecular formula is C45H47N7O5S. The number of nitrogens with zero attached hydrogens (tertiary/aromatic N) is 4. The molecule has 1 fully saturated rings. The molecule has 5 aromatic carbocycles. The third-order valence-corrected chi connectivity index (χ3v) is 11.0. The van der Waals surface area contributed by atoms with Crippen molar-refractivity contribution in [2.75, 3.05) is 16.8 Å². The highest BCUT2D eigenvalue weighted by Gasteiger charge is 2.33. The van der Waals surface area contributed by atoms with Gasteiger partial charge in [0.05, 0.1) is 35.9 Å². The molecule has 1 aromatic heterocycles. The van der Waals surface area contributed by atoms with Gasteiger partial charge in [-0.15, -0.1) is 5.10 Å². The maximum absolute atomic E-state index is 12.7. The molecule has 1 aliphatic heterocycles. The number of aromatic nitrogens is 4. The van der Waals surface area contributed by atoms with Crippen molar-refractivity contribution >= 4 is 35.0 Å². The monoisotopic (exact) mass is 797 g/mol. The van der Waals surface area contributed by atoms with Crippen LogP contribution >= 0.6 is 11.8 Å². The number of nitrogens with two attached hydrogens (primary N) is 1. The minimum absolute atomic E-state index is 0.0228. The van der Waals surface area contributed by atoms with Gasteiger partial charge in [0.1, 0.15) is 0 Å². The van der Waals surface area contributed by atoms with E-state index in [1.165, 1.54) is 11.8 Å². The number of carbonyl (C=O) groups is 2. The number of ether oxygens (including phenoxy) is 2. The number of nitrogen functional groups attached to an aromatic ring is 1. The van der Waals surface area contributed by atoms with E-state index in [1.807, 2.05) is 91.0 Å². The van der Waals surface area contributed by atoms with Crippen LogP contribution in [0.2, 0.25) is 0 Å². The Hall–Kier alpha value is -5.86. The maximum atomic E-state index is 12.7. The van der Waals surface area contributed by atoms with Gasteiger partial charge >= 0.3 is 0 Å². The van der Waals surface area contributed by atoms with Crippen molar-refractivity contribution in [2.24, 2.45) is 0 Å². The van der Waals surface area contributed by atoms with Crippen LogP contribution in [0.1, 0.15) is 73.2 Å². The number of tetrazole rings is 1. The number of rotatable bonds is 17. The molecule has 0 bridgehead atoms. The van der Waals surface area contributed by atoms with Gasteiger partial charge in [-0.2, -0.15) is 4.68 Å². The van der Waals surface area contributed by atoms with Crippen molar-refractivity contribution in [3.8, 4) is 16.8 Å². The second kappa shape index (κ2) is 20.0. The summed E-state index contributed by atoms with van der Waals surface area (Å²) in [4.78, 5) is 25.0. The molecule has 298 valence electrons. The van der Waals surface area contributed by atoms with Crippen LogP contribution in [0, 0.1) is 0 Å². The highest BCUT2D eigenvalue weighted by molar-refractivity contribution is 7.99. The number of benzene rings is 5. The van der Waals surface area contributed by atoms with E-state index in [-0.39, 0.29) is 30.6 Å². The zero-order chi connectivity index (χ0) is 40.1. The lowest BCUT2D eigenvalue weighted by molar-refractivity contribution is -0.245. The number of unbranched alkanes of at least 4 members (excludes halogenated alkanes) is 2. The molecule has 1 saturated heterocycles. The smallest absolute Gasteiger partial charge is 0.224 e. The van der Waals surface area contributed by atoms with Gasteiger partial charge in [-0.3, -0.25) is 9.59 Å². The van der Waals surface area contributed by atoms with E-state index < -0.39 is 6.29 Å². The van der Waals surface area contributed by atoms with Crippen molar-refractivity contribution in [2.45, 2.75) is 75.3 Å². The number of para-hydroxylation sites is 3. The molecule has 7 rings (SSSR count). The van der Waals surface area contributed by atoms with Crippen LogP contribution in [0.5, 0.6) is 0 Å². The number of anilines is 2. The summed E-state index contributed by atoms with van der Waals surface area (Å²) in [6.45, 7) is 0.384. The van der Waals surface area contributed by atoms with Crippen molar-refractivity contribution in [1.29, 1.82) is 0 Å².